The summed E-state index contributed by atoms with van der Waals surface area (Å²) in [5.41, 5.74) is 23.4. The maximum absolute atomic E-state index is 7.38. The van der Waals surface area contributed by atoms with Crippen LogP contribution >= 0.6 is 14.7 Å². The molecule has 0 saturated heterocycles. The molecule has 6 aromatic heterocycles. The highest BCUT2D eigenvalue weighted by Gasteiger charge is 2.42. The summed E-state index contributed by atoms with van der Waals surface area (Å²) in [4.78, 5) is 0. The number of aromatic nitrogens is 2. The highest BCUT2D eigenvalue weighted by Crippen LogP contribution is 2.64. The Morgan fingerprint density at radius 1 is 0.347 bits per heavy atom. The minimum absolute atomic E-state index is 0.284. The van der Waals surface area contributed by atoms with E-state index in [0.29, 0.717) is 0 Å². The van der Waals surface area contributed by atoms with Crippen molar-refractivity contribution in [1.82, 2.24) is 9.13 Å². The largest absolute Gasteiger partial charge is 0.455 e. The number of hydrogen-bond donors (Lipinski definition) is 0. The molecule has 18 rings (SSSR count). The van der Waals surface area contributed by atoms with Crippen LogP contribution in [0.1, 0.15) is 49.9 Å². The summed E-state index contributed by atoms with van der Waals surface area (Å²) in [6.07, 6.45) is 0. The van der Waals surface area contributed by atoms with Gasteiger partial charge in [0.1, 0.15) is 44.7 Å². The van der Waals surface area contributed by atoms with Crippen molar-refractivity contribution in [3.05, 3.63) is 192 Å². The second-order valence-corrected chi connectivity index (χ2v) is 25.2. The van der Waals surface area contributed by atoms with E-state index in [1.165, 1.54) is 65.0 Å². The van der Waals surface area contributed by atoms with Crippen LogP contribution in [0.5, 0.6) is 0 Å². The van der Waals surface area contributed by atoms with Gasteiger partial charge in [0.15, 0.2) is 0 Å². The van der Waals surface area contributed by atoms with Crippen LogP contribution in [0.3, 0.4) is 0 Å². The van der Waals surface area contributed by atoms with E-state index in [9.17, 15) is 0 Å². The summed E-state index contributed by atoms with van der Waals surface area (Å²) in [5.74, 6) is 0. The first-order valence-electron chi connectivity index (χ1n) is 24.8. The molecule has 340 valence electrons. The lowest BCUT2D eigenvalue weighted by Gasteiger charge is -2.28. The van der Waals surface area contributed by atoms with Gasteiger partial charge in [-0.05, 0) is 106 Å². The highest BCUT2D eigenvalue weighted by molar-refractivity contribution is 7.64. The van der Waals surface area contributed by atoms with Gasteiger partial charge >= 0.3 is 0 Å². The minimum Gasteiger partial charge on any atom is -0.455 e. The lowest BCUT2D eigenvalue weighted by molar-refractivity contribution is 0.614. The van der Waals surface area contributed by atoms with Crippen LogP contribution in [-0.4, -0.2) is 9.13 Å². The molecule has 0 fully saturated rings. The van der Waals surface area contributed by atoms with Gasteiger partial charge < -0.3 is 26.8 Å². The van der Waals surface area contributed by atoms with Crippen LogP contribution in [0, 0.1) is 0 Å². The Morgan fingerprint density at radius 3 is 1.17 bits per heavy atom. The normalized spacial score (nSPS) is 15.4. The van der Waals surface area contributed by atoms with Gasteiger partial charge in [0.2, 0.25) is 0 Å². The number of fused-ring (bicyclic) bond motifs is 11. The molecular formula is C64H40N2O4P2. The molecule has 0 saturated carbocycles. The third-order valence-electron chi connectivity index (χ3n) is 16.9. The Balaban J connectivity index is 1.16. The first kappa shape index (κ1) is 38.6. The Bertz CT molecular complexity index is 4830. The number of hydrogen-bond acceptors (Lipinski definition) is 4. The number of para-hydroxylation sites is 2. The highest BCUT2D eigenvalue weighted by atomic mass is 31.1. The fraction of sp³-hybridized carbons (Fsp3) is 0.0938. The van der Waals surface area contributed by atoms with Crippen molar-refractivity contribution in [3.63, 3.8) is 0 Å². The standard InChI is InChI=1S/C64H40N2O4P2/c1-63(2)41-23-13-11-21-35(41)37-29-43-57-55(51(37)63)69-47-27-15-25-45-59(47)71(57)61-49(67-45)31-40-39(53(61)65(43)33-17-7-5-8-18-33)32-50-62-54(40)66(34-19-9-6-10-20-34)44-30-38-36-22-12-14-24-42(36)64(3,4)52(38)56-58(44)72(62)60-46(68-50)26-16-28-48(60)70-56/h5-32H,1-4H3. The van der Waals surface area contributed by atoms with Crippen molar-refractivity contribution in [2.24, 2.45) is 0 Å². The molecule has 8 heteroatoms. The molecule has 72 heavy (non-hydrogen) atoms. The van der Waals surface area contributed by atoms with Crippen LogP contribution in [0.2, 0.25) is 0 Å². The predicted molar refractivity (Wildman–Crippen MR) is 298 cm³/mol. The van der Waals surface area contributed by atoms with Crippen molar-refractivity contribution >= 4 is 123 Å². The Kier molecular flexibility index (Phi) is 6.78. The number of benzene rings is 10. The van der Waals surface area contributed by atoms with E-state index in [1.54, 1.807) is 0 Å². The summed E-state index contributed by atoms with van der Waals surface area (Å²) in [6, 6.07) is 62.2. The smallest absolute Gasteiger partial charge is 0.145 e. The van der Waals surface area contributed by atoms with E-state index in [4.69, 9.17) is 17.7 Å². The molecule has 2 aliphatic carbocycles. The van der Waals surface area contributed by atoms with Gasteiger partial charge in [-0.3, -0.25) is 0 Å². The quantitative estimate of drug-likeness (QED) is 0.128. The molecule has 6 nitrogen and oxygen atoms in total. The van der Waals surface area contributed by atoms with Crippen LogP contribution in [-0.2, 0) is 10.8 Å². The van der Waals surface area contributed by atoms with Crippen molar-refractivity contribution in [3.8, 4) is 33.6 Å². The van der Waals surface area contributed by atoms with Gasteiger partial charge in [-0.2, -0.15) is 0 Å². The van der Waals surface area contributed by atoms with Gasteiger partial charge in [-0.25, -0.2) is 0 Å². The summed E-state index contributed by atoms with van der Waals surface area (Å²) in [7, 11) is -2.34. The Labute approximate surface area is 411 Å². The zero-order valence-corrected chi connectivity index (χ0v) is 41.4. The van der Waals surface area contributed by atoms with Crippen LogP contribution in [0.25, 0.3) is 142 Å². The predicted octanol–water partition coefficient (Wildman–Crippen LogP) is 19.5. The Hall–Kier alpha value is -8.14. The van der Waals surface area contributed by atoms with E-state index < -0.39 is 14.7 Å². The first-order chi connectivity index (χ1) is 35.3. The zero-order valence-electron chi connectivity index (χ0n) is 39.6. The molecular weight excluding hydrogens is 923 g/mol. The number of rotatable bonds is 2. The fourth-order valence-electron chi connectivity index (χ4n) is 14.0. The second-order valence-electron chi connectivity index (χ2n) is 21.2. The summed E-state index contributed by atoms with van der Waals surface area (Å²) < 4.78 is 34.5. The molecule has 0 spiro atoms. The van der Waals surface area contributed by atoms with E-state index in [0.717, 1.165) is 99.1 Å². The molecule has 10 aromatic carbocycles. The number of nitrogens with zero attached hydrogens (tertiary/aromatic N) is 2. The lowest BCUT2D eigenvalue weighted by Crippen LogP contribution is -2.15. The molecule has 0 amide bonds. The average Bonchev–Trinajstić information content (AvgIpc) is 3.78. The summed E-state index contributed by atoms with van der Waals surface area (Å²) >= 11 is 0. The minimum atomic E-state index is -1.17. The van der Waals surface area contributed by atoms with Gasteiger partial charge in [0.25, 0.3) is 0 Å². The molecule has 6 heterocycles. The summed E-state index contributed by atoms with van der Waals surface area (Å²) in [5, 5.41) is 9.40. The molecule has 16 aromatic rings. The van der Waals surface area contributed by atoms with Gasteiger partial charge in [-0.1, -0.05) is 139 Å². The van der Waals surface area contributed by atoms with Crippen molar-refractivity contribution in [1.29, 1.82) is 0 Å². The monoisotopic (exact) mass is 962 g/mol. The molecule has 2 atom stereocenters. The second kappa shape index (κ2) is 12.7. The Morgan fingerprint density at radius 2 is 0.736 bits per heavy atom. The SMILES string of the molecule is CC1(C)c2ccccc2-c2cc3c4c(oc5cccc6oc7cc8c(cc9oc%10cccc%11oc%12c%13c(cc%14c%12p(c%10%11)c9c8n%14-c8ccccc8)-c8ccccc8C%13(C)C)c(c7p4c65)n3-c3ccccc3)c21. The van der Waals surface area contributed by atoms with Gasteiger partial charge in [-0.15, -0.1) is 0 Å². The van der Waals surface area contributed by atoms with E-state index >= 15 is 0 Å². The molecule has 2 unspecified atom stereocenters. The maximum Gasteiger partial charge on any atom is 0.145 e. The van der Waals surface area contributed by atoms with Crippen LogP contribution in [0.15, 0.2) is 188 Å². The van der Waals surface area contributed by atoms with E-state index in [2.05, 4.69) is 207 Å². The molecule has 0 radical (unpaired) electrons. The third-order valence-corrected chi connectivity index (χ3v) is 22.1. The van der Waals surface area contributed by atoms with Gasteiger partial charge in [0, 0.05) is 44.1 Å². The topological polar surface area (TPSA) is 62.4 Å². The van der Waals surface area contributed by atoms with Crippen molar-refractivity contribution < 1.29 is 17.7 Å². The van der Waals surface area contributed by atoms with Crippen LogP contribution < -0.4 is 0 Å². The molecule has 0 aliphatic heterocycles. The van der Waals surface area contributed by atoms with E-state index in [-0.39, 0.29) is 10.8 Å². The lowest BCUT2D eigenvalue weighted by atomic mass is 9.82. The van der Waals surface area contributed by atoms with Crippen molar-refractivity contribution in [2.75, 3.05) is 0 Å². The zero-order chi connectivity index (χ0) is 47.3. The van der Waals surface area contributed by atoms with E-state index in [1.807, 2.05) is 0 Å². The molecule has 2 aliphatic rings. The van der Waals surface area contributed by atoms with Gasteiger partial charge in [0.05, 0.1) is 52.8 Å². The summed E-state index contributed by atoms with van der Waals surface area (Å²) in [6.45, 7) is 9.45. The van der Waals surface area contributed by atoms with Crippen molar-refractivity contribution in [2.45, 2.75) is 38.5 Å². The maximum atomic E-state index is 7.38. The van der Waals surface area contributed by atoms with Crippen LogP contribution in [0.4, 0.5) is 0 Å². The molecule has 0 N–H and O–H groups in total. The first-order valence-corrected chi connectivity index (χ1v) is 27.5. The third kappa shape index (κ3) is 4.34. The average molecular weight is 963 g/mol. The molecule has 0 bridgehead atoms. The fourth-order valence-corrected chi connectivity index (χ4v) is 19.7.